The van der Waals surface area contributed by atoms with Crippen LogP contribution in [-0.4, -0.2) is 17.9 Å². The summed E-state index contributed by atoms with van der Waals surface area (Å²) in [6.45, 7) is 3.86. The van der Waals surface area contributed by atoms with Crippen molar-refractivity contribution in [3.63, 3.8) is 0 Å². The molecule has 1 atom stereocenters. The van der Waals surface area contributed by atoms with Crippen LogP contribution in [0.2, 0.25) is 0 Å². The number of carbonyl (C=O) groups excluding carboxylic acids is 2. The Balaban J connectivity index is 1.52. The smallest absolute Gasteiger partial charge is 0.262 e. The van der Waals surface area contributed by atoms with Crippen molar-refractivity contribution in [3.8, 4) is 11.1 Å². The van der Waals surface area contributed by atoms with Gasteiger partial charge in [0.1, 0.15) is 6.04 Å². The number of nitrogens with one attached hydrogen (secondary N) is 2. The van der Waals surface area contributed by atoms with Crippen LogP contribution in [0.15, 0.2) is 60.0 Å². The van der Waals surface area contributed by atoms with Gasteiger partial charge in [-0.05, 0) is 58.2 Å². The highest BCUT2D eigenvalue weighted by molar-refractivity contribution is 7.12. The maximum absolute atomic E-state index is 12.9. The SMILES string of the molecule is CC(C)[C@@H](NC(=O)c1cccs1)C(=O)Nc1ccc2c(c1)-c1ccccc1C2. The minimum Gasteiger partial charge on any atom is -0.339 e. The van der Waals surface area contributed by atoms with Gasteiger partial charge in [-0.2, -0.15) is 0 Å². The molecule has 1 aromatic heterocycles. The van der Waals surface area contributed by atoms with Crippen LogP contribution in [0, 0.1) is 5.92 Å². The topological polar surface area (TPSA) is 58.2 Å². The van der Waals surface area contributed by atoms with Crippen molar-refractivity contribution >= 4 is 28.8 Å². The molecule has 2 aromatic carbocycles. The van der Waals surface area contributed by atoms with Crippen LogP contribution in [-0.2, 0) is 11.2 Å². The Bertz CT molecular complexity index is 1020. The van der Waals surface area contributed by atoms with E-state index in [-0.39, 0.29) is 17.7 Å². The molecule has 0 aliphatic heterocycles. The zero-order valence-corrected chi connectivity index (χ0v) is 16.7. The fourth-order valence-electron chi connectivity index (χ4n) is 3.58. The summed E-state index contributed by atoms with van der Waals surface area (Å²) in [5, 5.41) is 7.70. The summed E-state index contributed by atoms with van der Waals surface area (Å²) < 4.78 is 0. The third-order valence-electron chi connectivity index (χ3n) is 5.05. The number of rotatable bonds is 5. The van der Waals surface area contributed by atoms with Crippen LogP contribution >= 0.6 is 11.3 Å². The molecule has 5 heteroatoms. The lowest BCUT2D eigenvalue weighted by atomic mass is 10.0. The first-order chi connectivity index (χ1) is 13.5. The van der Waals surface area contributed by atoms with Gasteiger partial charge < -0.3 is 10.6 Å². The first-order valence-corrected chi connectivity index (χ1v) is 10.3. The summed E-state index contributed by atoms with van der Waals surface area (Å²) in [6.07, 6.45) is 0.922. The Morgan fingerprint density at radius 2 is 1.75 bits per heavy atom. The standard InChI is InChI=1S/C23H22N2O2S/c1-14(2)21(25-22(26)20-8-5-11-28-20)23(27)24-17-10-9-16-12-15-6-3-4-7-18(15)19(16)13-17/h3-11,13-14,21H,12H2,1-2H3,(H,24,27)(H,25,26)/t21-/m1/s1. The van der Waals surface area contributed by atoms with Crippen molar-refractivity contribution in [2.45, 2.75) is 26.3 Å². The molecule has 0 spiro atoms. The van der Waals surface area contributed by atoms with E-state index < -0.39 is 6.04 Å². The fraction of sp³-hybridized carbons (Fsp3) is 0.217. The summed E-state index contributed by atoms with van der Waals surface area (Å²) in [5.74, 6) is -0.447. The summed E-state index contributed by atoms with van der Waals surface area (Å²) in [4.78, 5) is 25.9. The molecule has 2 amide bonds. The van der Waals surface area contributed by atoms with Gasteiger partial charge in [0, 0.05) is 5.69 Å². The molecule has 4 nitrogen and oxygen atoms in total. The highest BCUT2D eigenvalue weighted by Crippen LogP contribution is 2.37. The molecular formula is C23H22N2O2S. The summed E-state index contributed by atoms with van der Waals surface area (Å²) in [7, 11) is 0. The first kappa shape index (κ1) is 18.4. The van der Waals surface area contributed by atoms with Gasteiger partial charge in [-0.25, -0.2) is 0 Å². The highest BCUT2D eigenvalue weighted by Gasteiger charge is 2.26. The monoisotopic (exact) mass is 390 g/mol. The maximum Gasteiger partial charge on any atom is 0.262 e. The molecule has 3 aromatic rings. The van der Waals surface area contributed by atoms with Crippen LogP contribution in [0.5, 0.6) is 0 Å². The van der Waals surface area contributed by atoms with Gasteiger partial charge in [0.25, 0.3) is 5.91 Å². The van der Waals surface area contributed by atoms with E-state index in [1.165, 1.54) is 28.0 Å². The molecule has 28 heavy (non-hydrogen) atoms. The first-order valence-electron chi connectivity index (χ1n) is 9.39. The fourth-order valence-corrected chi connectivity index (χ4v) is 4.20. The number of anilines is 1. The molecule has 0 saturated heterocycles. The van der Waals surface area contributed by atoms with E-state index in [9.17, 15) is 9.59 Å². The highest BCUT2D eigenvalue weighted by atomic mass is 32.1. The average molecular weight is 391 g/mol. The van der Waals surface area contributed by atoms with Gasteiger partial charge in [0.05, 0.1) is 4.88 Å². The third kappa shape index (κ3) is 3.58. The molecule has 0 bridgehead atoms. The van der Waals surface area contributed by atoms with Crippen LogP contribution in [0.25, 0.3) is 11.1 Å². The molecule has 0 saturated carbocycles. The van der Waals surface area contributed by atoms with Crippen molar-refractivity contribution in [1.29, 1.82) is 0 Å². The second-order valence-corrected chi connectivity index (χ2v) is 8.32. The van der Waals surface area contributed by atoms with Crippen molar-refractivity contribution < 1.29 is 9.59 Å². The average Bonchev–Trinajstić information content (AvgIpc) is 3.33. The quantitative estimate of drug-likeness (QED) is 0.518. The van der Waals surface area contributed by atoms with Crippen LogP contribution < -0.4 is 10.6 Å². The molecule has 0 radical (unpaired) electrons. The second kappa shape index (κ2) is 7.60. The molecule has 0 fully saturated rings. The molecule has 1 aliphatic rings. The van der Waals surface area contributed by atoms with E-state index in [0.29, 0.717) is 4.88 Å². The largest absolute Gasteiger partial charge is 0.339 e. The van der Waals surface area contributed by atoms with Crippen molar-refractivity contribution in [2.75, 3.05) is 5.32 Å². The number of benzene rings is 2. The van der Waals surface area contributed by atoms with Crippen LogP contribution in [0.3, 0.4) is 0 Å². The minimum absolute atomic E-state index is 0.0286. The van der Waals surface area contributed by atoms with Crippen molar-refractivity contribution in [3.05, 3.63) is 76.0 Å². The van der Waals surface area contributed by atoms with Crippen molar-refractivity contribution in [2.24, 2.45) is 5.92 Å². The van der Waals surface area contributed by atoms with Gasteiger partial charge in [-0.15, -0.1) is 11.3 Å². The number of fused-ring (bicyclic) bond motifs is 3. The Hall–Kier alpha value is -2.92. The number of carbonyl (C=O) groups is 2. The number of amides is 2. The summed E-state index contributed by atoms with van der Waals surface area (Å²) in [6, 6.07) is 17.4. The van der Waals surface area contributed by atoms with Gasteiger partial charge in [-0.1, -0.05) is 50.2 Å². The molecule has 0 unspecified atom stereocenters. The Morgan fingerprint density at radius 1 is 0.964 bits per heavy atom. The van der Waals surface area contributed by atoms with Gasteiger partial charge >= 0.3 is 0 Å². The van der Waals surface area contributed by atoms with Gasteiger partial charge in [0.2, 0.25) is 5.91 Å². The second-order valence-electron chi connectivity index (χ2n) is 7.37. The lowest BCUT2D eigenvalue weighted by molar-refractivity contribution is -0.118. The number of hydrogen-bond donors (Lipinski definition) is 2. The Kier molecular flexibility index (Phi) is 5.01. The summed E-state index contributed by atoms with van der Waals surface area (Å²) in [5.41, 5.74) is 5.71. The van der Waals surface area contributed by atoms with Gasteiger partial charge in [0.15, 0.2) is 0 Å². The maximum atomic E-state index is 12.9. The Labute approximate surface area is 168 Å². The molecular weight excluding hydrogens is 368 g/mol. The predicted molar refractivity (Wildman–Crippen MR) is 114 cm³/mol. The summed E-state index contributed by atoms with van der Waals surface area (Å²) >= 11 is 1.36. The number of thiophene rings is 1. The molecule has 1 heterocycles. The number of hydrogen-bond acceptors (Lipinski definition) is 3. The molecule has 2 N–H and O–H groups in total. The zero-order valence-electron chi connectivity index (χ0n) is 15.9. The van der Waals surface area contributed by atoms with Crippen molar-refractivity contribution in [1.82, 2.24) is 5.32 Å². The molecule has 4 rings (SSSR count). The lowest BCUT2D eigenvalue weighted by Crippen LogP contribution is -2.46. The third-order valence-corrected chi connectivity index (χ3v) is 5.92. The minimum atomic E-state index is -0.602. The van der Waals surface area contributed by atoms with E-state index in [1.54, 1.807) is 6.07 Å². The predicted octanol–water partition coefficient (Wildman–Crippen LogP) is 4.71. The van der Waals surface area contributed by atoms with E-state index >= 15 is 0 Å². The molecule has 1 aliphatic carbocycles. The Morgan fingerprint density at radius 3 is 2.50 bits per heavy atom. The van der Waals surface area contributed by atoms with Gasteiger partial charge in [-0.3, -0.25) is 9.59 Å². The molecule has 142 valence electrons. The zero-order chi connectivity index (χ0) is 19.7. The lowest BCUT2D eigenvalue weighted by Gasteiger charge is -2.21. The van der Waals surface area contributed by atoms with Crippen LogP contribution in [0.1, 0.15) is 34.6 Å². The van der Waals surface area contributed by atoms with E-state index in [4.69, 9.17) is 0 Å². The van der Waals surface area contributed by atoms with E-state index in [2.05, 4.69) is 34.9 Å². The van der Waals surface area contributed by atoms with Crippen LogP contribution in [0.4, 0.5) is 5.69 Å². The normalized spacial score (nSPS) is 13.0. The van der Waals surface area contributed by atoms with E-state index in [1.807, 2.05) is 43.5 Å². The van der Waals surface area contributed by atoms with E-state index in [0.717, 1.165) is 17.7 Å².